The highest BCUT2D eigenvalue weighted by Crippen LogP contribution is 2.19. The lowest BCUT2D eigenvalue weighted by Crippen LogP contribution is -2.14. The monoisotopic (exact) mass is 298 g/mol. The Balaban J connectivity index is 1.80. The predicted octanol–water partition coefficient (Wildman–Crippen LogP) is 4.62. The van der Waals surface area contributed by atoms with Crippen LogP contribution in [0.15, 0.2) is 42.5 Å². The third-order valence-corrected chi connectivity index (χ3v) is 3.68. The van der Waals surface area contributed by atoms with Crippen LogP contribution in [0, 0.1) is 13.8 Å². The molecule has 2 aromatic rings. The summed E-state index contributed by atoms with van der Waals surface area (Å²) in [4.78, 5) is 0. The van der Waals surface area contributed by atoms with Gasteiger partial charge in [0.2, 0.25) is 0 Å². The Bertz CT molecular complexity index is 596. The van der Waals surface area contributed by atoms with Crippen molar-refractivity contribution in [1.29, 1.82) is 0 Å². The van der Waals surface area contributed by atoms with E-state index < -0.39 is 0 Å². The number of hydrogen-bond donors (Lipinski definition) is 2. The second kappa shape index (κ2) is 8.32. The molecule has 0 aliphatic carbocycles. The van der Waals surface area contributed by atoms with Crippen molar-refractivity contribution < 1.29 is 4.74 Å². The Labute approximate surface area is 133 Å². The zero-order valence-electron chi connectivity index (χ0n) is 13.8. The molecule has 0 spiro atoms. The molecule has 0 aliphatic heterocycles. The van der Waals surface area contributed by atoms with E-state index in [4.69, 9.17) is 4.74 Å². The Hall–Kier alpha value is -2.16. The van der Waals surface area contributed by atoms with Crippen molar-refractivity contribution in [3.63, 3.8) is 0 Å². The molecule has 3 heteroatoms. The Morgan fingerprint density at radius 3 is 2.55 bits per heavy atom. The summed E-state index contributed by atoms with van der Waals surface area (Å²) in [6.45, 7) is 8.91. The third kappa shape index (κ3) is 4.69. The van der Waals surface area contributed by atoms with E-state index in [2.05, 4.69) is 55.7 Å². The number of hydrogen-bond acceptors (Lipinski definition) is 3. The van der Waals surface area contributed by atoms with Crippen LogP contribution in [0.25, 0.3) is 0 Å². The van der Waals surface area contributed by atoms with Crippen LogP contribution >= 0.6 is 0 Å². The average molecular weight is 298 g/mol. The Kier molecular flexibility index (Phi) is 6.13. The van der Waals surface area contributed by atoms with E-state index in [1.165, 1.54) is 16.8 Å². The molecule has 0 atom stereocenters. The standard InChI is InChI=1S/C19H26N2O/c1-4-13-22-18-9-6-8-17(14-18)20-11-12-21-19-10-5-7-15(2)16(19)3/h5-10,14,20-21H,4,11-13H2,1-3H3. The van der Waals surface area contributed by atoms with Crippen LogP contribution in [0.5, 0.6) is 5.75 Å². The van der Waals surface area contributed by atoms with Crippen LogP contribution in [-0.4, -0.2) is 19.7 Å². The smallest absolute Gasteiger partial charge is 0.121 e. The predicted molar refractivity (Wildman–Crippen MR) is 95.1 cm³/mol. The zero-order chi connectivity index (χ0) is 15.8. The highest BCUT2D eigenvalue weighted by Gasteiger charge is 2.00. The molecule has 118 valence electrons. The highest BCUT2D eigenvalue weighted by atomic mass is 16.5. The number of nitrogens with one attached hydrogen (secondary N) is 2. The molecule has 0 heterocycles. The molecular weight excluding hydrogens is 272 g/mol. The van der Waals surface area contributed by atoms with Crippen LogP contribution in [0.4, 0.5) is 11.4 Å². The molecule has 0 fully saturated rings. The van der Waals surface area contributed by atoms with E-state index in [1.807, 2.05) is 18.2 Å². The van der Waals surface area contributed by atoms with Crippen molar-refractivity contribution in [3.8, 4) is 5.75 Å². The van der Waals surface area contributed by atoms with Gasteiger partial charge in [-0.2, -0.15) is 0 Å². The minimum Gasteiger partial charge on any atom is -0.494 e. The first kappa shape index (κ1) is 16.2. The molecule has 0 aliphatic rings. The second-order valence-corrected chi connectivity index (χ2v) is 5.48. The molecule has 0 radical (unpaired) electrons. The second-order valence-electron chi connectivity index (χ2n) is 5.48. The van der Waals surface area contributed by atoms with Gasteiger partial charge in [0.15, 0.2) is 0 Å². The molecular formula is C19H26N2O. The van der Waals surface area contributed by atoms with Gasteiger partial charge in [0, 0.05) is 30.5 Å². The van der Waals surface area contributed by atoms with Crippen LogP contribution in [0.2, 0.25) is 0 Å². The van der Waals surface area contributed by atoms with Crippen molar-refractivity contribution >= 4 is 11.4 Å². The summed E-state index contributed by atoms with van der Waals surface area (Å²) in [5.41, 5.74) is 4.94. The van der Waals surface area contributed by atoms with E-state index in [9.17, 15) is 0 Å². The summed E-state index contributed by atoms with van der Waals surface area (Å²) in [6, 6.07) is 14.5. The van der Waals surface area contributed by atoms with Gasteiger partial charge in [0.05, 0.1) is 6.61 Å². The summed E-state index contributed by atoms with van der Waals surface area (Å²) < 4.78 is 5.64. The van der Waals surface area contributed by atoms with Gasteiger partial charge in [-0.1, -0.05) is 25.1 Å². The topological polar surface area (TPSA) is 33.3 Å². The number of ether oxygens (including phenoxy) is 1. The summed E-state index contributed by atoms with van der Waals surface area (Å²) in [5.74, 6) is 0.925. The fourth-order valence-corrected chi connectivity index (χ4v) is 2.26. The molecule has 3 nitrogen and oxygen atoms in total. The Morgan fingerprint density at radius 2 is 1.73 bits per heavy atom. The van der Waals surface area contributed by atoms with Gasteiger partial charge in [0.25, 0.3) is 0 Å². The first-order chi connectivity index (χ1) is 10.7. The lowest BCUT2D eigenvalue weighted by Gasteiger charge is -2.13. The molecule has 2 rings (SSSR count). The number of aryl methyl sites for hydroxylation is 1. The lowest BCUT2D eigenvalue weighted by atomic mass is 10.1. The highest BCUT2D eigenvalue weighted by molar-refractivity contribution is 5.54. The maximum absolute atomic E-state index is 5.64. The molecule has 0 aromatic heterocycles. The van der Waals surface area contributed by atoms with Gasteiger partial charge in [0.1, 0.15) is 5.75 Å². The Morgan fingerprint density at radius 1 is 0.955 bits per heavy atom. The van der Waals surface area contributed by atoms with E-state index in [1.54, 1.807) is 0 Å². The summed E-state index contributed by atoms with van der Waals surface area (Å²) in [6.07, 6.45) is 1.03. The van der Waals surface area contributed by atoms with Gasteiger partial charge in [-0.25, -0.2) is 0 Å². The van der Waals surface area contributed by atoms with Crippen molar-refractivity contribution in [1.82, 2.24) is 0 Å². The van der Waals surface area contributed by atoms with Gasteiger partial charge in [-0.15, -0.1) is 0 Å². The molecule has 22 heavy (non-hydrogen) atoms. The van der Waals surface area contributed by atoms with Gasteiger partial charge in [-0.3, -0.25) is 0 Å². The van der Waals surface area contributed by atoms with Gasteiger partial charge in [-0.05, 0) is 49.6 Å². The van der Waals surface area contributed by atoms with E-state index in [0.717, 1.165) is 37.6 Å². The van der Waals surface area contributed by atoms with E-state index in [0.29, 0.717) is 0 Å². The SMILES string of the molecule is CCCOc1cccc(NCCNc2cccc(C)c2C)c1. The zero-order valence-corrected chi connectivity index (χ0v) is 13.8. The maximum atomic E-state index is 5.64. The van der Waals surface area contributed by atoms with Crippen molar-refractivity contribution in [2.75, 3.05) is 30.3 Å². The summed E-state index contributed by atoms with van der Waals surface area (Å²) in [7, 11) is 0. The minimum atomic E-state index is 0.762. The minimum absolute atomic E-state index is 0.762. The van der Waals surface area contributed by atoms with Crippen molar-refractivity contribution in [3.05, 3.63) is 53.6 Å². The molecule has 0 amide bonds. The summed E-state index contributed by atoms with van der Waals surface area (Å²) in [5, 5.41) is 6.90. The first-order valence-electron chi connectivity index (χ1n) is 7.97. The largest absolute Gasteiger partial charge is 0.494 e. The van der Waals surface area contributed by atoms with Crippen LogP contribution in [0.1, 0.15) is 24.5 Å². The van der Waals surface area contributed by atoms with Crippen molar-refractivity contribution in [2.24, 2.45) is 0 Å². The fourth-order valence-electron chi connectivity index (χ4n) is 2.26. The third-order valence-electron chi connectivity index (χ3n) is 3.68. The van der Waals surface area contributed by atoms with Crippen LogP contribution < -0.4 is 15.4 Å². The molecule has 0 saturated heterocycles. The lowest BCUT2D eigenvalue weighted by molar-refractivity contribution is 0.317. The van der Waals surface area contributed by atoms with Gasteiger partial charge >= 0.3 is 0 Å². The number of anilines is 2. The molecule has 0 unspecified atom stereocenters. The molecule has 0 saturated carbocycles. The van der Waals surface area contributed by atoms with Crippen LogP contribution in [0.3, 0.4) is 0 Å². The summed E-state index contributed by atoms with van der Waals surface area (Å²) >= 11 is 0. The quantitative estimate of drug-likeness (QED) is 0.698. The number of benzene rings is 2. The fraction of sp³-hybridized carbons (Fsp3) is 0.368. The molecule has 2 N–H and O–H groups in total. The molecule has 0 bridgehead atoms. The van der Waals surface area contributed by atoms with Crippen molar-refractivity contribution in [2.45, 2.75) is 27.2 Å². The average Bonchev–Trinajstić information content (AvgIpc) is 2.54. The van der Waals surface area contributed by atoms with E-state index in [-0.39, 0.29) is 0 Å². The van der Waals surface area contributed by atoms with Gasteiger partial charge < -0.3 is 15.4 Å². The van der Waals surface area contributed by atoms with Crippen LogP contribution in [-0.2, 0) is 0 Å². The first-order valence-corrected chi connectivity index (χ1v) is 7.97. The van der Waals surface area contributed by atoms with E-state index >= 15 is 0 Å². The number of rotatable bonds is 8. The normalized spacial score (nSPS) is 10.3. The molecule has 2 aromatic carbocycles. The maximum Gasteiger partial charge on any atom is 0.121 e.